The molecule has 1 aromatic heterocycles. The van der Waals surface area contributed by atoms with Crippen molar-refractivity contribution in [1.82, 2.24) is 14.7 Å². The quantitative estimate of drug-likeness (QED) is 0.846. The third-order valence-electron chi connectivity index (χ3n) is 4.69. The molecule has 116 valence electrons. The molecule has 0 saturated carbocycles. The Morgan fingerprint density at radius 3 is 2.59 bits per heavy atom. The van der Waals surface area contributed by atoms with Gasteiger partial charge in [0, 0.05) is 24.2 Å². The average Bonchev–Trinajstić information content (AvgIpc) is 2.90. The summed E-state index contributed by atoms with van der Waals surface area (Å²) in [6, 6.07) is 8.27. The number of hydrogen-bond acceptors (Lipinski definition) is 4. The molecule has 22 heavy (non-hydrogen) atoms. The summed E-state index contributed by atoms with van der Waals surface area (Å²) in [7, 11) is 1.98. The van der Waals surface area contributed by atoms with Crippen LogP contribution in [0.5, 0.6) is 0 Å². The Morgan fingerprint density at radius 1 is 1.23 bits per heavy atom. The molecule has 2 aromatic rings. The standard InChI is InChI=1S/C16H19ClN4S/c1-20-16(18-14-10-21-8-6-11(14)7-9-21)22-15(19-20)12-2-4-13(17)5-3-12/h2-5,11,14H,6-10H2,1H3/b18-16-. The first-order chi connectivity index (χ1) is 10.7. The molecule has 3 saturated heterocycles. The number of aromatic nitrogens is 2. The molecule has 3 aliphatic rings. The summed E-state index contributed by atoms with van der Waals surface area (Å²) < 4.78 is 1.91. The van der Waals surface area contributed by atoms with Crippen molar-refractivity contribution in [2.45, 2.75) is 18.9 Å². The highest BCUT2D eigenvalue weighted by Gasteiger charge is 2.33. The highest BCUT2D eigenvalue weighted by molar-refractivity contribution is 7.12. The van der Waals surface area contributed by atoms with Crippen LogP contribution in [0.3, 0.4) is 0 Å². The number of fused-ring (bicyclic) bond motifs is 3. The fourth-order valence-corrected chi connectivity index (χ4v) is 4.47. The maximum absolute atomic E-state index is 5.96. The zero-order valence-electron chi connectivity index (χ0n) is 12.6. The number of hydrogen-bond donors (Lipinski definition) is 0. The summed E-state index contributed by atoms with van der Waals surface area (Å²) in [5, 5.41) is 6.37. The Bertz CT molecular complexity index is 725. The highest BCUT2D eigenvalue weighted by atomic mass is 35.5. The van der Waals surface area contributed by atoms with Crippen molar-refractivity contribution in [3.05, 3.63) is 34.1 Å². The van der Waals surface area contributed by atoms with Crippen LogP contribution in [0, 0.1) is 5.92 Å². The molecular weight excluding hydrogens is 316 g/mol. The van der Waals surface area contributed by atoms with Gasteiger partial charge in [-0.05, 0) is 44.0 Å². The molecule has 1 atom stereocenters. The van der Waals surface area contributed by atoms with E-state index in [0.717, 1.165) is 32.9 Å². The lowest BCUT2D eigenvalue weighted by atomic mass is 9.84. The largest absolute Gasteiger partial charge is 0.301 e. The van der Waals surface area contributed by atoms with E-state index in [1.54, 1.807) is 11.3 Å². The SMILES string of the molecule is Cn1nc(-c2ccc(Cl)cc2)s/c1=N\C1CN2CCC1CC2. The van der Waals surface area contributed by atoms with Gasteiger partial charge in [-0.1, -0.05) is 35.1 Å². The first kappa shape index (κ1) is 14.4. The molecule has 0 amide bonds. The Morgan fingerprint density at radius 2 is 1.95 bits per heavy atom. The topological polar surface area (TPSA) is 33.4 Å². The lowest BCUT2D eigenvalue weighted by molar-refractivity contribution is 0.0888. The molecule has 3 fully saturated rings. The second kappa shape index (κ2) is 5.80. The van der Waals surface area contributed by atoms with E-state index >= 15 is 0 Å². The van der Waals surface area contributed by atoms with E-state index in [9.17, 15) is 0 Å². The van der Waals surface area contributed by atoms with Crippen molar-refractivity contribution in [3.63, 3.8) is 0 Å². The summed E-state index contributed by atoms with van der Waals surface area (Å²) in [5.74, 6) is 0.756. The van der Waals surface area contributed by atoms with Gasteiger partial charge < -0.3 is 4.90 Å². The minimum absolute atomic E-state index is 0.437. The molecule has 1 aromatic carbocycles. The molecule has 2 bridgehead atoms. The number of halogens is 1. The number of aryl methyl sites for hydroxylation is 1. The second-order valence-corrected chi connectivity index (χ2v) is 7.55. The molecule has 0 aliphatic carbocycles. The van der Waals surface area contributed by atoms with Crippen LogP contribution < -0.4 is 4.80 Å². The van der Waals surface area contributed by atoms with Crippen molar-refractivity contribution < 1.29 is 0 Å². The average molecular weight is 335 g/mol. The van der Waals surface area contributed by atoms with Crippen molar-refractivity contribution in [2.75, 3.05) is 19.6 Å². The fourth-order valence-electron chi connectivity index (χ4n) is 3.39. The zero-order chi connectivity index (χ0) is 15.1. The van der Waals surface area contributed by atoms with Crippen molar-refractivity contribution in [1.29, 1.82) is 0 Å². The van der Waals surface area contributed by atoms with E-state index in [1.807, 2.05) is 36.0 Å². The first-order valence-corrected chi connectivity index (χ1v) is 8.95. The van der Waals surface area contributed by atoms with Gasteiger partial charge >= 0.3 is 0 Å². The van der Waals surface area contributed by atoms with Crippen LogP contribution in [-0.4, -0.2) is 40.4 Å². The molecule has 6 heteroatoms. The third-order valence-corrected chi connectivity index (χ3v) is 6.01. The summed E-state index contributed by atoms with van der Waals surface area (Å²) in [6.07, 6.45) is 2.58. The third kappa shape index (κ3) is 2.73. The Hall–Kier alpha value is -1.17. The Labute approximate surface area is 139 Å². The Balaban J connectivity index is 1.65. The van der Waals surface area contributed by atoms with E-state index in [-0.39, 0.29) is 0 Å². The summed E-state index contributed by atoms with van der Waals surface area (Å²) >= 11 is 7.62. The summed E-state index contributed by atoms with van der Waals surface area (Å²) in [5.41, 5.74) is 1.10. The second-order valence-electron chi connectivity index (χ2n) is 6.15. The predicted molar refractivity (Wildman–Crippen MR) is 90.0 cm³/mol. The van der Waals surface area contributed by atoms with Crippen LogP contribution >= 0.6 is 22.9 Å². The molecule has 4 heterocycles. The lowest BCUT2D eigenvalue weighted by Crippen LogP contribution is -2.50. The van der Waals surface area contributed by atoms with Crippen LogP contribution in [0.25, 0.3) is 10.6 Å². The van der Waals surface area contributed by atoms with Gasteiger partial charge in [-0.25, -0.2) is 4.68 Å². The molecule has 0 radical (unpaired) electrons. The molecule has 0 N–H and O–H groups in total. The van der Waals surface area contributed by atoms with Crippen LogP contribution in [-0.2, 0) is 7.05 Å². The van der Waals surface area contributed by atoms with E-state index in [4.69, 9.17) is 16.6 Å². The number of nitrogens with zero attached hydrogens (tertiary/aromatic N) is 4. The van der Waals surface area contributed by atoms with Gasteiger partial charge in [0.05, 0.1) is 6.04 Å². The maximum atomic E-state index is 5.96. The van der Waals surface area contributed by atoms with Gasteiger partial charge in [-0.2, -0.15) is 5.10 Å². The number of rotatable bonds is 2. The molecule has 4 nitrogen and oxygen atoms in total. The monoisotopic (exact) mass is 334 g/mol. The molecule has 0 spiro atoms. The predicted octanol–water partition coefficient (Wildman–Crippen LogP) is 2.80. The molecule has 3 aliphatic heterocycles. The molecule has 1 unspecified atom stereocenters. The van der Waals surface area contributed by atoms with Gasteiger partial charge in [0.1, 0.15) is 5.01 Å². The smallest absolute Gasteiger partial charge is 0.203 e. The van der Waals surface area contributed by atoms with Crippen molar-refractivity contribution in [2.24, 2.45) is 18.0 Å². The Kier molecular flexibility index (Phi) is 3.80. The highest BCUT2D eigenvalue weighted by Crippen LogP contribution is 2.29. The first-order valence-electron chi connectivity index (χ1n) is 7.75. The van der Waals surface area contributed by atoms with Crippen LogP contribution in [0.15, 0.2) is 29.3 Å². The molecule has 5 rings (SSSR count). The van der Waals surface area contributed by atoms with Crippen molar-refractivity contribution in [3.8, 4) is 10.6 Å². The maximum Gasteiger partial charge on any atom is 0.203 e. The lowest BCUT2D eigenvalue weighted by Gasteiger charge is -2.42. The van der Waals surface area contributed by atoms with Crippen LogP contribution in [0.1, 0.15) is 12.8 Å². The summed E-state index contributed by atoms with van der Waals surface area (Å²) in [4.78, 5) is 8.57. The zero-order valence-corrected chi connectivity index (χ0v) is 14.1. The van der Waals surface area contributed by atoms with E-state index in [2.05, 4.69) is 10.00 Å². The van der Waals surface area contributed by atoms with Gasteiger partial charge in [0.15, 0.2) is 0 Å². The van der Waals surface area contributed by atoms with Gasteiger partial charge in [-0.3, -0.25) is 4.99 Å². The number of benzene rings is 1. The normalized spacial score (nSPS) is 28.3. The fraction of sp³-hybridized carbons (Fsp3) is 0.500. The van der Waals surface area contributed by atoms with Gasteiger partial charge in [0.25, 0.3) is 0 Å². The van der Waals surface area contributed by atoms with E-state index in [0.29, 0.717) is 6.04 Å². The van der Waals surface area contributed by atoms with Gasteiger partial charge in [0.2, 0.25) is 4.80 Å². The van der Waals surface area contributed by atoms with E-state index in [1.165, 1.54) is 25.9 Å². The van der Waals surface area contributed by atoms with Crippen LogP contribution in [0.2, 0.25) is 5.02 Å². The van der Waals surface area contributed by atoms with Crippen LogP contribution in [0.4, 0.5) is 0 Å². The van der Waals surface area contributed by atoms with E-state index < -0.39 is 0 Å². The minimum Gasteiger partial charge on any atom is -0.301 e. The molecular formula is C16H19ClN4S. The minimum atomic E-state index is 0.437. The summed E-state index contributed by atoms with van der Waals surface area (Å²) in [6.45, 7) is 3.61. The van der Waals surface area contributed by atoms with Gasteiger partial charge in [-0.15, -0.1) is 0 Å². The number of piperidine rings is 3. The van der Waals surface area contributed by atoms with Crippen molar-refractivity contribution >= 4 is 22.9 Å².